The zero-order chi connectivity index (χ0) is 18.5. The molecule has 0 unspecified atom stereocenters. The maximum Gasteiger partial charge on any atom is 0.416 e. The Bertz CT molecular complexity index is 777. The van der Waals surface area contributed by atoms with Crippen molar-refractivity contribution in [3.8, 4) is 0 Å². The largest absolute Gasteiger partial charge is 0.416 e. The second kappa shape index (κ2) is 6.49. The number of rotatable bonds is 4. The fraction of sp³-hybridized carbons (Fsp3) is 0.667. The van der Waals surface area contributed by atoms with E-state index < -0.39 is 21.6 Å². The number of piperazine rings is 1. The van der Waals surface area contributed by atoms with Gasteiger partial charge in [0.2, 0.25) is 0 Å². The van der Waals surface area contributed by atoms with Crippen LogP contribution in [-0.2, 0) is 22.6 Å². The van der Waals surface area contributed by atoms with Gasteiger partial charge in [-0.25, -0.2) is 8.42 Å². The highest BCUT2D eigenvalue weighted by Crippen LogP contribution is 2.35. The number of hydrogen-bond acceptors (Lipinski definition) is 4. The lowest BCUT2D eigenvalue weighted by Crippen LogP contribution is -2.59. The van der Waals surface area contributed by atoms with Crippen LogP contribution in [0.4, 0.5) is 13.2 Å². The summed E-state index contributed by atoms with van der Waals surface area (Å²) in [7, 11) is -3.10. The molecule has 8 heteroatoms. The molecule has 2 saturated heterocycles. The van der Waals surface area contributed by atoms with Crippen molar-refractivity contribution >= 4 is 9.84 Å². The number of nitrogens with zero attached hydrogens (tertiary/aromatic N) is 2. The van der Waals surface area contributed by atoms with E-state index >= 15 is 0 Å². The van der Waals surface area contributed by atoms with Crippen molar-refractivity contribution in [2.24, 2.45) is 5.92 Å². The van der Waals surface area contributed by atoms with Gasteiger partial charge in [-0.2, -0.15) is 13.2 Å². The van der Waals surface area contributed by atoms with E-state index in [1.165, 1.54) is 25.0 Å². The van der Waals surface area contributed by atoms with Crippen LogP contribution in [0.5, 0.6) is 0 Å². The third kappa shape index (κ3) is 3.92. The van der Waals surface area contributed by atoms with E-state index in [9.17, 15) is 21.6 Å². The molecule has 2 heterocycles. The molecule has 1 aliphatic carbocycles. The molecular weight excluding hydrogens is 365 g/mol. The van der Waals surface area contributed by atoms with Crippen molar-refractivity contribution in [2.45, 2.75) is 37.6 Å². The highest BCUT2D eigenvalue weighted by molar-refractivity contribution is 7.91. The zero-order valence-electron chi connectivity index (χ0n) is 14.5. The summed E-state index contributed by atoms with van der Waals surface area (Å²) in [5, 5.41) is 0. The zero-order valence-corrected chi connectivity index (χ0v) is 15.3. The van der Waals surface area contributed by atoms with Crippen molar-refractivity contribution in [1.29, 1.82) is 0 Å². The first-order valence-corrected chi connectivity index (χ1v) is 10.9. The van der Waals surface area contributed by atoms with Crippen molar-refractivity contribution in [2.75, 3.05) is 31.1 Å². The van der Waals surface area contributed by atoms with Crippen molar-refractivity contribution in [3.05, 3.63) is 35.4 Å². The van der Waals surface area contributed by atoms with Crippen LogP contribution >= 0.6 is 0 Å². The van der Waals surface area contributed by atoms with Gasteiger partial charge in [0.1, 0.15) is 0 Å². The highest BCUT2D eigenvalue weighted by atomic mass is 32.2. The average molecular weight is 388 g/mol. The Morgan fingerprint density at radius 1 is 1.04 bits per heavy atom. The van der Waals surface area contributed by atoms with Crippen LogP contribution < -0.4 is 0 Å². The molecule has 26 heavy (non-hydrogen) atoms. The van der Waals surface area contributed by atoms with E-state index in [2.05, 4.69) is 9.80 Å². The van der Waals surface area contributed by atoms with Gasteiger partial charge in [0.15, 0.2) is 9.84 Å². The fourth-order valence-electron chi connectivity index (χ4n) is 4.23. The second-order valence-electron chi connectivity index (χ2n) is 7.82. The topological polar surface area (TPSA) is 40.6 Å². The maximum atomic E-state index is 12.9. The van der Waals surface area contributed by atoms with E-state index in [-0.39, 0.29) is 23.6 Å². The Morgan fingerprint density at radius 3 is 2.35 bits per heavy atom. The molecular formula is C18H23F3N2O2S. The molecule has 4 rings (SSSR count). The Hall–Kier alpha value is -1.12. The first kappa shape index (κ1) is 18.3. The van der Waals surface area contributed by atoms with Gasteiger partial charge in [0, 0.05) is 38.3 Å². The molecule has 0 bridgehead atoms. The van der Waals surface area contributed by atoms with Gasteiger partial charge in [0.05, 0.1) is 17.1 Å². The minimum absolute atomic E-state index is 0.0276. The lowest BCUT2D eigenvalue weighted by atomic mass is 10.0. The summed E-state index contributed by atoms with van der Waals surface area (Å²) in [4.78, 5) is 4.36. The maximum absolute atomic E-state index is 12.9. The van der Waals surface area contributed by atoms with Crippen LogP contribution in [0.25, 0.3) is 0 Å². The van der Waals surface area contributed by atoms with Gasteiger partial charge >= 0.3 is 6.18 Å². The molecule has 2 atom stereocenters. The number of alkyl halides is 3. The SMILES string of the molecule is O=S1(=O)C[C@@H]2[C@H](C1)N(CC1CC1)CCN2Cc1cccc(C(F)(F)F)c1. The molecule has 0 aromatic heterocycles. The molecule has 0 amide bonds. The molecule has 4 nitrogen and oxygen atoms in total. The molecule has 144 valence electrons. The number of benzene rings is 1. The van der Waals surface area contributed by atoms with Crippen molar-refractivity contribution in [1.82, 2.24) is 9.80 Å². The molecule has 2 aliphatic heterocycles. The highest BCUT2D eigenvalue weighted by Gasteiger charge is 2.47. The van der Waals surface area contributed by atoms with Crippen molar-refractivity contribution in [3.63, 3.8) is 0 Å². The van der Waals surface area contributed by atoms with Crippen LogP contribution in [0.15, 0.2) is 24.3 Å². The second-order valence-corrected chi connectivity index (χ2v) is 9.97. The number of hydrogen-bond donors (Lipinski definition) is 0. The number of fused-ring (bicyclic) bond motifs is 1. The number of sulfone groups is 1. The molecule has 0 spiro atoms. The first-order chi connectivity index (χ1) is 12.2. The van der Waals surface area contributed by atoms with E-state index in [4.69, 9.17) is 0 Å². The lowest BCUT2D eigenvalue weighted by molar-refractivity contribution is -0.137. The van der Waals surface area contributed by atoms with E-state index in [0.29, 0.717) is 24.6 Å². The van der Waals surface area contributed by atoms with Gasteiger partial charge in [-0.05, 0) is 30.4 Å². The van der Waals surface area contributed by atoms with Crippen LogP contribution in [0.3, 0.4) is 0 Å². The summed E-state index contributed by atoms with van der Waals surface area (Å²) in [6.45, 7) is 2.79. The Labute approximate surface area is 151 Å². The Balaban J connectivity index is 1.52. The Kier molecular flexibility index (Phi) is 4.56. The number of halogens is 3. The lowest BCUT2D eigenvalue weighted by Gasteiger charge is -2.44. The fourth-order valence-corrected chi connectivity index (χ4v) is 6.27. The van der Waals surface area contributed by atoms with Crippen LogP contribution in [0.2, 0.25) is 0 Å². The summed E-state index contributed by atoms with van der Waals surface area (Å²) in [5.74, 6) is 0.968. The van der Waals surface area contributed by atoms with E-state index in [0.717, 1.165) is 19.2 Å². The predicted octanol–water partition coefficient (Wildman–Crippen LogP) is 2.40. The standard InChI is InChI=1S/C18H23F3N2O2S/c19-18(20,21)15-3-1-2-14(8-15)10-23-7-6-22(9-13-4-5-13)16-11-26(24,25)12-17(16)23/h1-3,8,13,16-17H,4-7,9-12H2/t16-,17+/m0/s1. The van der Waals surface area contributed by atoms with E-state index in [1.54, 1.807) is 6.07 Å². The smallest absolute Gasteiger partial charge is 0.296 e. The summed E-state index contributed by atoms with van der Waals surface area (Å²) < 4.78 is 63.3. The molecule has 1 saturated carbocycles. The van der Waals surface area contributed by atoms with Gasteiger partial charge in [-0.3, -0.25) is 9.80 Å². The summed E-state index contributed by atoms with van der Waals surface area (Å²) in [6, 6.07) is 5.20. The first-order valence-electron chi connectivity index (χ1n) is 9.06. The van der Waals surface area contributed by atoms with Gasteiger partial charge in [-0.15, -0.1) is 0 Å². The molecule has 1 aromatic rings. The van der Waals surface area contributed by atoms with Crippen molar-refractivity contribution < 1.29 is 21.6 Å². The van der Waals surface area contributed by atoms with Crippen LogP contribution in [-0.4, -0.2) is 61.4 Å². The van der Waals surface area contributed by atoms with Crippen LogP contribution in [0, 0.1) is 5.92 Å². The van der Waals surface area contributed by atoms with Crippen LogP contribution in [0.1, 0.15) is 24.0 Å². The summed E-state index contributed by atoms with van der Waals surface area (Å²) in [5.41, 5.74) is -0.0727. The predicted molar refractivity (Wildman–Crippen MR) is 92.4 cm³/mol. The quantitative estimate of drug-likeness (QED) is 0.794. The molecule has 3 fully saturated rings. The molecule has 1 aromatic carbocycles. The normalized spacial score (nSPS) is 29.7. The molecule has 3 aliphatic rings. The van der Waals surface area contributed by atoms with Gasteiger partial charge in [0.25, 0.3) is 0 Å². The van der Waals surface area contributed by atoms with Gasteiger partial charge in [-0.1, -0.05) is 18.2 Å². The molecule has 0 radical (unpaired) electrons. The van der Waals surface area contributed by atoms with E-state index in [1.807, 2.05) is 0 Å². The third-order valence-electron chi connectivity index (χ3n) is 5.74. The monoisotopic (exact) mass is 388 g/mol. The van der Waals surface area contributed by atoms with Gasteiger partial charge < -0.3 is 0 Å². The summed E-state index contributed by atoms with van der Waals surface area (Å²) >= 11 is 0. The third-order valence-corrected chi connectivity index (χ3v) is 7.43. The average Bonchev–Trinajstić information content (AvgIpc) is 3.30. The molecule has 0 N–H and O–H groups in total. The summed E-state index contributed by atoms with van der Waals surface area (Å²) in [6.07, 6.45) is -1.93. The minimum atomic E-state index is -4.36. The Morgan fingerprint density at radius 2 is 1.69 bits per heavy atom. The minimum Gasteiger partial charge on any atom is -0.296 e.